The first-order valence-electron chi connectivity index (χ1n) is 7.28. The molecule has 5 heteroatoms. The molecule has 0 spiro atoms. The predicted octanol–water partition coefficient (Wildman–Crippen LogP) is 3.76. The molecular formula is C18H16ClNO3. The molecule has 1 aliphatic heterocycles. The van der Waals surface area contributed by atoms with Crippen LogP contribution in [0.5, 0.6) is 0 Å². The lowest BCUT2D eigenvalue weighted by Crippen LogP contribution is -2.49. The highest BCUT2D eigenvalue weighted by Crippen LogP contribution is 2.30. The molecule has 0 aliphatic carbocycles. The van der Waals surface area contributed by atoms with Crippen LogP contribution in [0, 0.1) is 6.92 Å². The molecule has 0 bridgehead atoms. The third-order valence-electron chi connectivity index (χ3n) is 4.08. The van der Waals surface area contributed by atoms with Gasteiger partial charge in [-0.05, 0) is 43.2 Å². The largest absolute Gasteiger partial charge is 0.445 e. The quantitative estimate of drug-likeness (QED) is 0.853. The van der Waals surface area contributed by atoms with Crippen molar-refractivity contribution in [2.45, 2.75) is 25.9 Å². The van der Waals surface area contributed by atoms with Crippen molar-refractivity contribution in [1.82, 2.24) is 0 Å². The van der Waals surface area contributed by atoms with E-state index < -0.39 is 11.6 Å². The molecule has 1 N–H and O–H groups in total. The van der Waals surface area contributed by atoms with Crippen molar-refractivity contribution < 1.29 is 14.3 Å². The fourth-order valence-corrected chi connectivity index (χ4v) is 2.83. The van der Waals surface area contributed by atoms with Gasteiger partial charge in [-0.25, -0.2) is 4.79 Å². The molecule has 4 nitrogen and oxygen atoms in total. The van der Waals surface area contributed by atoms with Gasteiger partial charge in [0, 0.05) is 17.1 Å². The van der Waals surface area contributed by atoms with Crippen LogP contribution < -0.4 is 5.32 Å². The number of rotatable bonds is 2. The molecule has 0 saturated carbocycles. The van der Waals surface area contributed by atoms with Crippen LogP contribution in [-0.4, -0.2) is 17.5 Å². The standard InChI is InChI=1S/C18H16ClNO3/c1-11-14(19)8-5-9-15(11)20-17(22)18(2)10-12-6-3-4-7-13(12)16(21)23-18/h3-9H,10H2,1-2H3,(H,20,22). The van der Waals surface area contributed by atoms with Gasteiger partial charge < -0.3 is 10.1 Å². The Morgan fingerprint density at radius 1 is 1.22 bits per heavy atom. The molecule has 3 rings (SSSR count). The molecule has 2 aromatic rings. The van der Waals surface area contributed by atoms with Crippen molar-refractivity contribution in [2.24, 2.45) is 0 Å². The number of anilines is 1. The van der Waals surface area contributed by atoms with E-state index in [1.54, 1.807) is 37.3 Å². The van der Waals surface area contributed by atoms with E-state index in [9.17, 15) is 9.59 Å². The van der Waals surface area contributed by atoms with E-state index in [4.69, 9.17) is 16.3 Å². The number of benzene rings is 2. The molecule has 0 saturated heterocycles. The molecule has 0 radical (unpaired) electrons. The van der Waals surface area contributed by atoms with Crippen LogP contribution in [0.25, 0.3) is 0 Å². The third kappa shape index (κ3) is 2.82. The zero-order valence-corrected chi connectivity index (χ0v) is 13.6. The highest BCUT2D eigenvalue weighted by Gasteiger charge is 2.42. The van der Waals surface area contributed by atoms with Gasteiger partial charge in [0.2, 0.25) is 0 Å². The summed E-state index contributed by atoms with van der Waals surface area (Å²) in [5.41, 5.74) is 1.45. The number of nitrogens with one attached hydrogen (secondary N) is 1. The number of hydrogen-bond donors (Lipinski definition) is 1. The number of hydrogen-bond acceptors (Lipinski definition) is 3. The number of carbonyl (C=O) groups is 2. The highest BCUT2D eigenvalue weighted by molar-refractivity contribution is 6.31. The van der Waals surface area contributed by atoms with Crippen LogP contribution in [0.3, 0.4) is 0 Å². The average molecular weight is 330 g/mol. The third-order valence-corrected chi connectivity index (χ3v) is 4.49. The Bertz CT molecular complexity index is 803. The fourth-order valence-electron chi connectivity index (χ4n) is 2.66. The summed E-state index contributed by atoms with van der Waals surface area (Å²) >= 11 is 6.07. The van der Waals surface area contributed by atoms with Gasteiger partial charge in [-0.1, -0.05) is 35.9 Å². The van der Waals surface area contributed by atoms with Gasteiger partial charge in [-0.3, -0.25) is 4.79 Å². The number of halogens is 1. The lowest BCUT2D eigenvalue weighted by molar-refractivity contribution is -0.134. The van der Waals surface area contributed by atoms with Crippen molar-refractivity contribution in [2.75, 3.05) is 5.32 Å². The number of fused-ring (bicyclic) bond motifs is 1. The zero-order chi connectivity index (χ0) is 16.6. The lowest BCUT2D eigenvalue weighted by Gasteiger charge is -2.33. The zero-order valence-electron chi connectivity index (χ0n) is 12.9. The van der Waals surface area contributed by atoms with Crippen molar-refractivity contribution >= 4 is 29.2 Å². The van der Waals surface area contributed by atoms with Crippen molar-refractivity contribution in [3.05, 3.63) is 64.2 Å². The molecule has 1 amide bonds. The van der Waals surface area contributed by atoms with E-state index in [1.807, 2.05) is 19.1 Å². The fraction of sp³-hybridized carbons (Fsp3) is 0.222. The maximum atomic E-state index is 12.7. The number of esters is 1. The minimum Gasteiger partial charge on any atom is -0.445 e. The van der Waals surface area contributed by atoms with Crippen LogP contribution in [0.2, 0.25) is 5.02 Å². The Morgan fingerprint density at radius 3 is 2.74 bits per heavy atom. The first-order valence-corrected chi connectivity index (χ1v) is 7.66. The van der Waals surface area contributed by atoms with Crippen molar-refractivity contribution in [3.63, 3.8) is 0 Å². The molecule has 1 aliphatic rings. The Balaban J connectivity index is 1.88. The van der Waals surface area contributed by atoms with E-state index in [0.29, 0.717) is 22.7 Å². The van der Waals surface area contributed by atoms with Gasteiger partial charge in [-0.2, -0.15) is 0 Å². The number of amides is 1. The smallest absolute Gasteiger partial charge is 0.339 e. The first kappa shape index (κ1) is 15.6. The summed E-state index contributed by atoms with van der Waals surface area (Å²) in [5.74, 6) is -0.849. The summed E-state index contributed by atoms with van der Waals surface area (Å²) in [6.07, 6.45) is 0.334. The second-order valence-corrected chi connectivity index (χ2v) is 6.23. The van der Waals surface area contributed by atoms with Gasteiger partial charge in [0.1, 0.15) is 0 Å². The summed E-state index contributed by atoms with van der Waals surface area (Å²) in [6.45, 7) is 3.44. The lowest BCUT2D eigenvalue weighted by atomic mass is 9.89. The SMILES string of the molecule is Cc1c(Cl)cccc1NC(=O)C1(C)Cc2ccccc2C(=O)O1. The highest BCUT2D eigenvalue weighted by atomic mass is 35.5. The molecule has 23 heavy (non-hydrogen) atoms. The van der Waals surface area contributed by atoms with Crippen molar-refractivity contribution in [1.29, 1.82) is 0 Å². The van der Waals surface area contributed by atoms with E-state index >= 15 is 0 Å². The minimum absolute atomic E-state index is 0.334. The Kier molecular flexibility index (Phi) is 3.86. The van der Waals surface area contributed by atoms with Gasteiger partial charge in [0.25, 0.3) is 5.91 Å². The van der Waals surface area contributed by atoms with Crippen LogP contribution in [0.15, 0.2) is 42.5 Å². The van der Waals surface area contributed by atoms with E-state index in [0.717, 1.165) is 11.1 Å². The Labute approximate surface area is 139 Å². The van der Waals surface area contributed by atoms with Gasteiger partial charge in [0.15, 0.2) is 5.60 Å². The van der Waals surface area contributed by atoms with E-state index in [2.05, 4.69) is 5.32 Å². The molecule has 0 aromatic heterocycles. The monoisotopic (exact) mass is 329 g/mol. The summed E-state index contributed by atoms with van der Waals surface area (Å²) in [6, 6.07) is 12.4. The summed E-state index contributed by atoms with van der Waals surface area (Å²) in [7, 11) is 0. The summed E-state index contributed by atoms with van der Waals surface area (Å²) in [5, 5.41) is 3.38. The number of cyclic esters (lactones) is 1. The molecule has 0 fully saturated rings. The summed E-state index contributed by atoms with van der Waals surface area (Å²) < 4.78 is 5.42. The minimum atomic E-state index is -1.25. The maximum Gasteiger partial charge on any atom is 0.339 e. The van der Waals surface area contributed by atoms with E-state index in [1.165, 1.54) is 0 Å². The molecule has 118 valence electrons. The summed E-state index contributed by atoms with van der Waals surface area (Å²) in [4.78, 5) is 24.8. The predicted molar refractivity (Wildman–Crippen MR) is 88.8 cm³/mol. The molecule has 1 atom stereocenters. The second-order valence-electron chi connectivity index (χ2n) is 5.82. The van der Waals surface area contributed by atoms with Crippen LogP contribution in [-0.2, 0) is 16.0 Å². The maximum absolute atomic E-state index is 12.7. The number of carbonyl (C=O) groups excluding carboxylic acids is 2. The molecule has 2 aromatic carbocycles. The molecular weight excluding hydrogens is 314 g/mol. The Hall–Kier alpha value is -2.33. The Morgan fingerprint density at radius 2 is 1.96 bits per heavy atom. The van der Waals surface area contributed by atoms with Crippen LogP contribution in [0.4, 0.5) is 5.69 Å². The molecule has 1 heterocycles. The second kappa shape index (κ2) is 5.70. The molecule has 1 unspecified atom stereocenters. The first-order chi connectivity index (χ1) is 10.9. The van der Waals surface area contributed by atoms with Gasteiger partial charge >= 0.3 is 5.97 Å². The topological polar surface area (TPSA) is 55.4 Å². The van der Waals surface area contributed by atoms with Crippen LogP contribution in [0.1, 0.15) is 28.4 Å². The van der Waals surface area contributed by atoms with Crippen LogP contribution >= 0.6 is 11.6 Å². The van der Waals surface area contributed by atoms with Gasteiger partial charge in [-0.15, -0.1) is 0 Å². The number of ether oxygens (including phenoxy) is 1. The van der Waals surface area contributed by atoms with E-state index in [-0.39, 0.29) is 5.91 Å². The van der Waals surface area contributed by atoms with Gasteiger partial charge in [0.05, 0.1) is 5.56 Å². The van der Waals surface area contributed by atoms with Crippen molar-refractivity contribution in [3.8, 4) is 0 Å². The normalized spacial score (nSPS) is 19.7. The average Bonchev–Trinajstić information content (AvgIpc) is 2.51.